The van der Waals surface area contributed by atoms with Crippen molar-refractivity contribution >= 4 is 28.9 Å². The van der Waals surface area contributed by atoms with Gasteiger partial charge in [0, 0.05) is 18.0 Å². The smallest absolute Gasteiger partial charge is 0.167 e. The lowest BCUT2D eigenvalue weighted by atomic mass is 10.1. The molecule has 4 heterocycles. The first-order valence-electron chi connectivity index (χ1n) is 10.6. The number of aliphatic imine (C=N–C) groups is 2. The fourth-order valence-corrected chi connectivity index (χ4v) is 5.08. The largest absolute Gasteiger partial charge is 0.457 e. The van der Waals surface area contributed by atoms with Gasteiger partial charge in [0.2, 0.25) is 0 Å². The average molecular weight is 450 g/mol. The summed E-state index contributed by atoms with van der Waals surface area (Å²) in [4.78, 5) is 15.1. The van der Waals surface area contributed by atoms with Gasteiger partial charge < -0.3 is 4.74 Å². The summed E-state index contributed by atoms with van der Waals surface area (Å²) in [5.41, 5.74) is 4.69. The molecule has 160 valence electrons. The van der Waals surface area contributed by atoms with Crippen molar-refractivity contribution in [2.24, 2.45) is 9.98 Å². The Morgan fingerprint density at radius 3 is 2.61 bits per heavy atom. The van der Waals surface area contributed by atoms with Crippen molar-refractivity contribution in [2.45, 2.75) is 6.92 Å². The Hall–Kier alpha value is -4.10. The minimum absolute atomic E-state index is 0.583. The zero-order valence-corrected chi connectivity index (χ0v) is 18.7. The third-order valence-corrected chi connectivity index (χ3v) is 6.48. The molecule has 2 aromatic carbocycles. The highest BCUT2D eigenvalue weighted by Crippen LogP contribution is 2.41. The van der Waals surface area contributed by atoms with Gasteiger partial charge in [-0.25, -0.2) is 14.5 Å². The van der Waals surface area contributed by atoms with E-state index in [0.717, 1.165) is 49.4 Å². The lowest BCUT2D eigenvalue weighted by molar-refractivity contribution is 0.484. The number of para-hydroxylation sites is 2. The molecule has 6 nitrogen and oxygen atoms in total. The second-order valence-electron chi connectivity index (χ2n) is 7.57. The standard InChI is InChI=1S/C26H19N5OS/c1-17-22(20-12-7-8-16-31(20)30-17)26-29-23(24(33-26)25-27-14-15-28-25)19-11-5-6-13-21(19)32-18-9-3-2-4-10-18/h2-14,16H,15H2,1H3. The topological polar surface area (TPSA) is 64.1 Å². The van der Waals surface area contributed by atoms with Crippen LogP contribution in [-0.2, 0) is 0 Å². The first-order chi connectivity index (χ1) is 16.3. The molecule has 0 aliphatic carbocycles. The second kappa shape index (κ2) is 8.11. The van der Waals surface area contributed by atoms with Crippen molar-refractivity contribution in [3.63, 3.8) is 0 Å². The van der Waals surface area contributed by atoms with E-state index in [1.807, 2.05) is 90.6 Å². The summed E-state index contributed by atoms with van der Waals surface area (Å²) in [5.74, 6) is 2.22. The van der Waals surface area contributed by atoms with Gasteiger partial charge in [0.1, 0.15) is 16.5 Å². The maximum absolute atomic E-state index is 6.25. The summed E-state index contributed by atoms with van der Waals surface area (Å²) < 4.78 is 8.14. The van der Waals surface area contributed by atoms with Crippen LogP contribution in [0.25, 0.3) is 27.3 Å². The number of aromatic nitrogens is 3. The molecule has 0 fully saturated rings. The number of fused-ring (bicyclic) bond motifs is 1. The highest BCUT2D eigenvalue weighted by Gasteiger charge is 2.24. The number of pyridine rings is 1. The summed E-state index contributed by atoms with van der Waals surface area (Å²) in [7, 11) is 0. The number of amidine groups is 1. The van der Waals surface area contributed by atoms with Gasteiger partial charge in [0.15, 0.2) is 5.84 Å². The normalized spacial score (nSPS) is 12.9. The van der Waals surface area contributed by atoms with E-state index in [4.69, 9.17) is 9.72 Å². The van der Waals surface area contributed by atoms with Crippen LogP contribution in [0, 0.1) is 6.92 Å². The highest BCUT2D eigenvalue weighted by atomic mass is 32.1. The summed E-state index contributed by atoms with van der Waals surface area (Å²) in [6.45, 7) is 2.60. The summed E-state index contributed by atoms with van der Waals surface area (Å²) in [6.07, 6.45) is 3.78. The van der Waals surface area contributed by atoms with Gasteiger partial charge in [-0.05, 0) is 43.3 Å². The molecule has 0 atom stereocenters. The zero-order valence-electron chi connectivity index (χ0n) is 17.8. The first-order valence-corrected chi connectivity index (χ1v) is 11.4. The molecule has 3 aromatic heterocycles. The Morgan fingerprint density at radius 2 is 1.76 bits per heavy atom. The lowest BCUT2D eigenvalue weighted by Crippen LogP contribution is -1.96. The van der Waals surface area contributed by atoms with Crippen molar-refractivity contribution in [1.29, 1.82) is 0 Å². The molecular weight excluding hydrogens is 430 g/mol. The molecule has 0 spiro atoms. The van der Waals surface area contributed by atoms with Crippen LogP contribution in [0.3, 0.4) is 0 Å². The van der Waals surface area contributed by atoms with Gasteiger partial charge in [-0.2, -0.15) is 5.10 Å². The van der Waals surface area contributed by atoms with Crippen molar-refractivity contribution in [3.8, 4) is 33.3 Å². The third-order valence-electron chi connectivity index (χ3n) is 5.41. The Kier molecular flexibility index (Phi) is 4.81. The Balaban J connectivity index is 1.54. The fourth-order valence-electron chi connectivity index (χ4n) is 3.93. The summed E-state index contributed by atoms with van der Waals surface area (Å²) >= 11 is 1.59. The van der Waals surface area contributed by atoms with E-state index in [1.165, 1.54) is 0 Å². The maximum atomic E-state index is 6.25. The van der Waals surface area contributed by atoms with Gasteiger partial charge >= 0.3 is 0 Å². The molecule has 0 radical (unpaired) electrons. The van der Waals surface area contributed by atoms with Gasteiger partial charge in [-0.3, -0.25) is 4.99 Å². The number of hydrogen-bond donors (Lipinski definition) is 0. The number of nitrogens with zero attached hydrogens (tertiary/aromatic N) is 5. The minimum atomic E-state index is 0.583. The lowest BCUT2D eigenvalue weighted by Gasteiger charge is -2.10. The molecule has 0 unspecified atom stereocenters. The van der Waals surface area contributed by atoms with Gasteiger partial charge in [-0.15, -0.1) is 11.3 Å². The number of rotatable bonds is 5. The van der Waals surface area contributed by atoms with E-state index in [9.17, 15) is 0 Å². The van der Waals surface area contributed by atoms with E-state index in [2.05, 4.69) is 21.1 Å². The SMILES string of the molecule is Cc1nn2ccccc2c1-c1nc(-c2ccccc2Oc2ccccc2)c(C2=NCC=N2)s1. The number of aryl methyl sites for hydroxylation is 1. The van der Waals surface area contributed by atoms with Gasteiger partial charge in [-0.1, -0.05) is 36.4 Å². The number of benzene rings is 2. The zero-order chi connectivity index (χ0) is 22.2. The Labute approximate surface area is 194 Å². The number of hydrogen-bond acceptors (Lipinski definition) is 6. The minimum Gasteiger partial charge on any atom is -0.457 e. The molecule has 0 bridgehead atoms. The molecule has 0 saturated carbocycles. The predicted molar refractivity (Wildman–Crippen MR) is 133 cm³/mol. The molecule has 7 heteroatoms. The van der Waals surface area contributed by atoms with Crippen molar-refractivity contribution in [3.05, 3.63) is 89.6 Å². The van der Waals surface area contributed by atoms with Crippen LogP contribution < -0.4 is 4.74 Å². The third kappa shape index (κ3) is 3.52. The van der Waals surface area contributed by atoms with Crippen LogP contribution in [0.5, 0.6) is 11.5 Å². The van der Waals surface area contributed by atoms with Crippen molar-refractivity contribution in [1.82, 2.24) is 14.6 Å². The van der Waals surface area contributed by atoms with E-state index >= 15 is 0 Å². The predicted octanol–water partition coefficient (Wildman–Crippen LogP) is 6.06. The number of ether oxygens (including phenoxy) is 1. The molecule has 1 aliphatic heterocycles. The first kappa shape index (κ1) is 19.6. The molecule has 33 heavy (non-hydrogen) atoms. The quantitative estimate of drug-likeness (QED) is 0.328. The fraction of sp³-hybridized carbons (Fsp3) is 0.0769. The van der Waals surface area contributed by atoms with Crippen LogP contribution in [0.2, 0.25) is 0 Å². The Morgan fingerprint density at radius 1 is 0.939 bits per heavy atom. The molecular formula is C26H19N5OS. The summed E-state index contributed by atoms with van der Waals surface area (Å²) in [6, 6.07) is 23.8. The van der Waals surface area contributed by atoms with Gasteiger partial charge in [0.05, 0.1) is 33.9 Å². The molecule has 1 aliphatic rings. The molecule has 0 amide bonds. The van der Waals surface area contributed by atoms with Crippen LogP contribution in [0.15, 0.2) is 89.0 Å². The van der Waals surface area contributed by atoms with E-state index in [-0.39, 0.29) is 0 Å². The highest BCUT2D eigenvalue weighted by molar-refractivity contribution is 7.17. The van der Waals surface area contributed by atoms with Crippen LogP contribution in [0.1, 0.15) is 10.6 Å². The maximum Gasteiger partial charge on any atom is 0.167 e. The van der Waals surface area contributed by atoms with E-state index in [0.29, 0.717) is 12.4 Å². The average Bonchev–Trinajstić information content (AvgIpc) is 3.58. The monoisotopic (exact) mass is 449 g/mol. The van der Waals surface area contributed by atoms with Crippen LogP contribution in [-0.4, -0.2) is 33.2 Å². The molecule has 6 rings (SSSR count). The van der Waals surface area contributed by atoms with Crippen LogP contribution in [0.4, 0.5) is 0 Å². The second-order valence-corrected chi connectivity index (χ2v) is 8.57. The van der Waals surface area contributed by atoms with Crippen molar-refractivity contribution in [2.75, 3.05) is 6.54 Å². The Bertz CT molecular complexity index is 1530. The summed E-state index contributed by atoms with van der Waals surface area (Å²) in [5, 5.41) is 5.56. The number of thiazole rings is 1. The van der Waals surface area contributed by atoms with Gasteiger partial charge in [0.25, 0.3) is 0 Å². The van der Waals surface area contributed by atoms with E-state index in [1.54, 1.807) is 11.3 Å². The van der Waals surface area contributed by atoms with Crippen LogP contribution >= 0.6 is 11.3 Å². The van der Waals surface area contributed by atoms with Crippen molar-refractivity contribution < 1.29 is 4.74 Å². The molecule has 0 saturated heterocycles. The van der Waals surface area contributed by atoms with E-state index < -0.39 is 0 Å². The molecule has 5 aromatic rings. The molecule has 0 N–H and O–H groups in total.